The van der Waals surface area contributed by atoms with E-state index >= 15 is 0 Å². The van der Waals surface area contributed by atoms with Crippen LogP contribution in [0.15, 0.2) is 72.8 Å². The van der Waals surface area contributed by atoms with Crippen molar-refractivity contribution in [1.29, 1.82) is 0 Å². The van der Waals surface area contributed by atoms with Crippen molar-refractivity contribution in [3.8, 4) is 5.75 Å². The molecular weight excluding hydrogens is 396 g/mol. The summed E-state index contributed by atoms with van der Waals surface area (Å²) in [5, 5.41) is 0. The van der Waals surface area contributed by atoms with Crippen LogP contribution >= 0.6 is 0 Å². The molecule has 0 heterocycles. The molecule has 3 nitrogen and oxygen atoms in total. The van der Waals surface area contributed by atoms with Gasteiger partial charge in [-0.2, -0.15) is 0 Å². The Morgan fingerprint density at radius 2 is 1.58 bits per heavy atom. The first kappa shape index (κ1) is 21.0. The Kier molecular flexibility index (Phi) is 6.60. The Bertz CT molecular complexity index is 1020. The third kappa shape index (κ3) is 5.29. The van der Waals surface area contributed by atoms with E-state index in [1.54, 1.807) is 0 Å². The van der Waals surface area contributed by atoms with E-state index in [1.165, 1.54) is 48.6 Å². The maximum atomic E-state index is 13.5. The van der Waals surface area contributed by atoms with Gasteiger partial charge in [0.2, 0.25) is 0 Å². The van der Waals surface area contributed by atoms with Gasteiger partial charge in [0.25, 0.3) is 0 Å². The number of amides is 1. The number of halogens is 2. The van der Waals surface area contributed by atoms with Gasteiger partial charge in [-0.1, -0.05) is 61.7 Å². The molecule has 1 amide bonds. The highest BCUT2D eigenvalue weighted by molar-refractivity contribution is 5.89. The fourth-order valence-corrected chi connectivity index (χ4v) is 4.09. The fraction of sp³-hybridized carbons (Fsp3) is 0.269. The van der Waals surface area contributed by atoms with Crippen LogP contribution in [0, 0.1) is 11.6 Å². The van der Waals surface area contributed by atoms with Crippen LogP contribution in [-0.2, 0) is 6.54 Å². The molecule has 3 aromatic rings. The van der Waals surface area contributed by atoms with Crippen molar-refractivity contribution in [3.63, 3.8) is 0 Å². The summed E-state index contributed by atoms with van der Waals surface area (Å²) in [7, 11) is 0. The molecule has 3 aromatic carbocycles. The van der Waals surface area contributed by atoms with Crippen LogP contribution in [0.4, 0.5) is 19.3 Å². The monoisotopic (exact) mass is 421 g/mol. The Hall–Kier alpha value is -3.21. The molecule has 1 aliphatic carbocycles. The molecule has 0 spiro atoms. The Morgan fingerprint density at radius 1 is 0.871 bits per heavy atom. The van der Waals surface area contributed by atoms with Gasteiger partial charge in [-0.3, -0.25) is 4.90 Å². The van der Waals surface area contributed by atoms with Gasteiger partial charge in [-0.05, 0) is 54.2 Å². The largest absolute Gasteiger partial charge is 0.420 e. The number of ether oxygens (including phenoxy) is 1. The van der Waals surface area contributed by atoms with Gasteiger partial charge in [0.05, 0.1) is 6.54 Å². The lowest BCUT2D eigenvalue weighted by Crippen LogP contribution is -2.33. The van der Waals surface area contributed by atoms with Crippen LogP contribution in [0.2, 0.25) is 0 Å². The van der Waals surface area contributed by atoms with E-state index in [-0.39, 0.29) is 5.75 Å². The molecule has 0 unspecified atom stereocenters. The van der Waals surface area contributed by atoms with E-state index in [1.807, 2.05) is 42.5 Å². The summed E-state index contributed by atoms with van der Waals surface area (Å²) in [6.07, 6.45) is 5.56. The third-order valence-electron chi connectivity index (χ3n) is 5.78. The van der Waals surface area contributed by atoms with Gasteiger partial charge in [-0.25, -0.2) is 13.6 Å². The van der Waals surface area contributed by atoms with Gasteiger partial charge < -0.3 is 4.74 Å². The standard InChI is InChI=1S/C26H25F2NO2/c27-24-16-15-23(17-25(24)28)31-26(30)29(18-19-7-3-1-4-8-19)22-13-11-21(12-14-22)20-9-5-2-6-10-20/h1,3-4,7-8,11-17,20H,2,5-6,9-10,18H2. The number of nitrogens with zero attached hydrogens (tertiary/aromatic N) is 1. The van der Waals surface area contributed by atoms with Crippen molar-refractivity contribution in [2.45, 2.75) is 44.6 Å². The minimum absolute atomic E-state index is 0.0409. The van der Waals surface area contributed by atoms with Crippen molar-refractivity contribution >= 4 is 11.8 Å². The van der Waals surface area contributed by atoms with Crippen molar-refractivity contribution < 1.29 is 18.3 Å². The summed E-state index contributed by atoms with van der Waals surface area (Å²) in [6, 6.07) is 20.6. The molecule has 0 radical (unpaired) electrons. The SMILES string of the molecule is O=C(Oc1ccc(F)c(F)c1)N(Cc1ccccc1)c1ccc(C2CCCCC2)cc1. The molecule has 1 fully saturated rings. The van der Waals surface area contributed by atoms with Gasteiger partial charge in [0, 0.05) is 11.8 Å². The highest BCUT2D eigenvalue weighted by atomic mass is 19.2. The highest BCUT2D eigenvalue weighted by Gasteiger charge is 2.21. The lowest BCUT2D eigenvalue weighted by molar-refractivity contribution is 0.207. The van der Waals surface area contributed by atoms with Crippen LogP contribution in [0.1, 0.15) is 49.1 Å². The molecule has 0 bridgehead atoms. The van der Waals surface area contributed by atoms with E-state index in [0.717, 1.165) is 17.7 Å². The first-order valence-corrected chi connectivity index (χ1v) is 10.7. The van der Waals surface area contributed by atoms with Crippen LogP contribution < -0.4 is 9.64 Å². The maximum Gasteiger partial charge on any atom is 0.420 e. The molecule has 1 saturated carbocycles. The second-order valence-corrected chi connectivity index (χ2v) is 7.94. The lowest BCUT2D eigenvalue weighted by atomic mass is 9.84. The summed E-state index contributed by atoms with van der Waals surface area (Å²) in [6.45, 7) is 0.298. The normalized spacial score (nSPS) is 14.3. The number of anilines is 1. The van der Waals surface area contributed by atoms with Gasteiger partial charge in [0.15, 0.2) is 11.6 Å². The minimum atomic E-state index is -1.06. The van der Waals surface area contributed by atoms with Crippen molar-refractivity contribution in [2.75, 3.05) is 4.90 Å². The smallest absolute Gasteiger partial charge is 0.410 e. The molecule has 0 N–H and O–H groups in total. The molecule has 160 valence electrons. The van der Waals surface area contributed by atoms with E-state index in [4.69, 9.17) is 4.74 Å². The Labute approximate surface area is 181 Å². The molecule has 31 heavy (non-hydrogen) atoms. The van der Waals surface area contributed by atoms with Crippen LogP contribution in [0.25, 0.3) is 0 Å². The van der Waals surface area contributed by atoms with Crippen LogP contribution in [-0.4, -0.2) is 6.09 Å². The number of rotatable bonds is 5. The second-order valence-electron chi connectivity index (χ2n) is 7.94. The molecule has 0 aromatic heterocycles. The molecule has 4 rings (SSSR count). The molecule has 1 aliphatic rings. The highest BCUT2D eigenvalue weighted by Crippen LogP contribution is 2.33. The Morgan fingerprint density at radius 3 is 2.26 bits per heavy atom. The van der Waals surface area contributed by atoms with Crippen LogP contribution in [0.3, 0.4) is 0 Å². The summed E-state index contributed by atoms with van der Waals surface area (Å²) in [5.74, 6) is -1.52. The summed E-state index contributed by atoms with van der Waals surface area (Å²) < 4.78 is 32.1. The first-order valence-electron chi connectivity index (χ1n) is 10.7. The van der Waals surface area contributed by atoms with E-state index < -0.39 is 17.7 Å². The summed E-state index contributed by atoms with van der Waals surface area (Å²) in [5.41, 5.74) is 2.91. The number of hydrogen-bond acceptors (Lipinski definition) is 2. The van der Waals surface area contributed by atoms with Crippen molar-refractivity contribution in [1.82, 2.24) is 0 Å². The van der Waals surface area contributed by atoms with Gasteiger partial charge in [0.1, 0.15) is 5.75 Å². The molecular formula is C26H25F2NO2. The molecule has 5 heteroatoms. The van der Waals surface area contributed by atoms with Crippen molar-refractivity contribution in [2.24, 2.45) is 0 Å². The topological polar surface area (TPSA) is 29.5 Å². The third-order valence-corrected chi connectivity index (χ3v) is 5.78. The number of benzene rings is 3. The Balaban J connectivity index is 1.57. The first-order chi connectivity index (χ1) is 15.1. The number of carbonyl (C=O) groups is 1. The van der Waals surface area contributed by atoms with Crippen molar-refractivity contribution in [3.05, 3.63) is 95.6 Å². The molecule has 0 saturated heterocycles. The zero-order valence-electron chi connectivity index (χ0n) is 17.3. The predicted octanol–water partition coefficient (Wildman–Crippen LogP) is 7.22. The van der Waals surface area contributed by atoms with Gasteiger partial charge >= 0.3 is 6.09 Å². The number of carbonyl (C=O) groups excluding carboxylic acids is 1. The average molecular weight is 421 g/mol. The lowest BCUT2D eigenvalue weighted by Gasteiger charge is -2.25. The molecule has 0 atom stereocenters. The second kappa shape index (κ2) is 9.73. The zero-order chi connectivity index (χ0) is 21.6. The predicted molar refractivity (Wildman–Crippen MR) is 117 cm³/mol. The van der Waals surface area contributed by atoms with E-state index in [0.29, 0.717) is 18.2 Å². The fourth-order valence-electron chi connectivity index (χ4n) is 4.09. The average Bonchev–Trinajstić information content (AvgIpc) is 2.81. The van der Waals surface area contributed by atoms with E-state index in [9.17, 15) is 13.6 Å². The quantitative estimate of drug-likeness (QED) is 0.435. The van der Waals surface area contributed by atoms with Crippen LogP contribution in [0.5, 0.6) is 5.75 Å². The zero-order valence-corrected chi connectivity index (χ0v) is 17.3. The summed E-state index contributed by atoms with van der Waals surface area (Å²) >= 11 is 0. The van der Waals surface area contributed by atoms with E-state index in [2.05, 4.69) is 12.1 Å². The maximum absolute atomic E-state index is 13.5. The molecule has 0 aliphatic heterocycles. The van der Waals surface area contributed by atoms with Gasteiger partial charge in [-0.15, -0.1) is 0 Å². The summed E-state index contributed by atoms with van der Waals surface area (Å²) in [4.78, 5) is 14.5. The minimum Gasteiger partial charge on any atom is -0.410 e. The number of hydrogen-bond donors (Lipinski definition) is 0.